The largest absolute Gasteiger partial charge is 0.481 e. The molecule has 2 N–H and O–H groups in total. The molecule has 5 nitrogen and oxygen atoms in total. The minimum atomic E-state index is -0.888. The molecular formula is C20H22N2O3S. The van der Waals surface area contributed by atoms with Gasteiger partial charge in [-0.25, -0.2) is 4.98 Å². The zero-order valence-electron chi connectivity index (χ0n) is 15.0. The molecule has 4 rings (SSSR count). The number of rotatable bonds is 3. The van der Waals surface area contributed by atoms with Gasteiger partial charge in [0.1, 0.15) is 0 Å². The van der Waals surface area contributed by atoms with Crippen LogP contribution in [-0.2, 0) is 15.0 Å². The van der Waals surface area contributed by atoms with E-state index >= 15 is 0 Å². The van der Waals surface area contributed by atoms with Gasteiger partial charge in [0.15, 0.2) is 5.13 Å². The number of amides is 1. The van der Waals surface area contributed by atoms with Gasteiger partial charge in [0.05, 0.1) is 22.1 Å². The van der Waals surface area contributed by atoms with Crippen molar-refractivity contribution >= 4 is 38.6 Å². The number of nitrogens with zero attached hydrogens (tertiary/aromatic N) is 1. The Morgan fingerprint density at radius 1 is 1.19 bits per heavy atom. The van der Waals surface area contributed by atoms with E-state index in [0.717, 1.165) is 16.6 Å². The van der Waals surface area contributed by atoms with Crippen LogP contribution < -0.4 is 5.32 Å². The number of nitrogens with one attached hydrogen (secondary N) is 1. The number of fused-ring (bicyclic) bond motifs is 3. The third-order valence-corrected chi connectivity index (χ3v) is 6.47. The number of thiazole rings is 1. The normalized spacial score (nSPS) is 27.2. The van der Waals surface area contributed by atoms with Crippen LogP contribution >= 0.6 is 11.3 Å². The maximum atomic E-state index is 12.8. The minimum absolute atomic E-state index is 0.0166. The van der Waals surface area contributed by atoms with E-state index in [2.05, 4.69) is 43.2 Å². The molecule has 1 fully saturated rings. The summed E-state index contributed by atoms with van der Waals surface area (Å²) in [6.07, 6.45) is 4.69. The van der Waals surface area contributed by atoms with E-state index < -0.39 is 17.8 Å². The molecule has 1 saturated carbocycles. The van der Waals surface area contributed by atoms with Gasteiger partial charge in [-0.1, -0.05) is 50.3 Å². The van der Waals surface area contributed by atoms with Crippen molar-refractivity contribution in [3.8, 4) is 0 Å². The Balaban J connectivity index is 1.58. The predicted molar refractivity (Wildman–Crippen MR) is 102 cm³/mol. The molecule has 0 saturated heterocycles. The van der Waals surface area contributed by atoms with Gasteiger partial charge in [-0.05, 0) is 41.4 Å². The molecule has 0 radical (unpaired) electrons. The van der Waals surface area contributed by atoms with Gasteiger partial charge in [0.25, 0.3) is 0 Å². The fourth-order valence-electron chi connectivity index (χ4n) is 4.15. The summed E-state index contributed by atoms with van der Waals surface area (Å²) in [6.45, 7) is 6.48. The maximum Gasteiger partial charge on any atom is 0.307 e. The third kappa shape index (κ3) is 2.82. The average Bonchev–Trinajstić information content (AvgIpc) is 3.25. The number of benzene rings is 1. The quantitative estimate of drug-likeness (QED) is 0.799. The Hall–Kier alpha value is -2.21. The average molecular weight is 370 g/mol. The van der Waals surface area contributed by atoms with Gasteiger partial charge in [0.2, 0.25) is 5.91 Å². The Morgan fingerprint density at radius 3 is 2.54 bits per heavy atom. The van der Waals surface area contributed by atoms with Gasteiger partial charge >= 0.3 is 5.97 Å². The van der Waals surface area contributed by atoms with E-state index in [1.807, 2.05) is 18.2 Å². The van der Waals surface area contributed by atoms with Gasteiger partial charge in [-0.3, -0.25) is 9.59 Å². The first-order chi connectivity index (χ1) is 12.2. The first kappa shape index (κ1) is 17.2. The van der Waals surface area contributed by atoms with Gasteiger partial charge in [-0.15, -0.1) is 0 Å². The van der Waals surface area contributed by atoms with E-state index in [4.69, 9.17) is 0 Å². The van der Waals surface area contributed by atoms with Gasteiger partial charge in [0, 0.05) is 0 Å². The van der Waals surface area contributed by atoms with Crippen molar-refractivity contribution in [2.45, 2.75) is 32.6 Å². The highest BCUT2D eigenvalue weighted by Crippen LogP contribution is 2.48. The molecule has 2 unspecified atom stereocenters. The first-order valence-corrected chi connectivity index (χ1v) is 9.69. The highest BCUT2D eigenvalue weighted by Gasteiger charge is 2.51. The summed E-state index contributed by atoms with van der Waals surface area (Å²) in [5.41, 5.74) is 2.11. The zero-order chi connectivity index (χ0) is 18.6. The summed E-state index contributed by atoms with van der Waals surface area (Å²) in [4.78, 5) is 28.9. The van der Waals surface area contributed by atoms with Crippen molar-refractivity contribution in [3.05, 3.63) is 35.9 Å². The monoisotopic (exact) mass is 370 g/mol. The lowest BCUT2D eigenvalue weighted by Gasteiger charge is -2.23. The van der Waals surface area contributed by atoms with E-state index in [0.29, 0.717) is 5.13 Å². The van der Waals surface area contributed by atoms with Crippen molar-refractivity contribution in [2.24, 2.45) is 23.7 Å². The van der Waals surface area contributed by atoms with Crippen LogP contribution in [0.15, 0.2) is 30.4 Å². The van der Waals surface area contributed by atoms with E-state index in [1.165, 1.54) is 16.9 Å². The first-order valence-electron chi connectivity index (χ1n) is 8.87. The van der Waals surface area contributed by atoms with Gasteiger partial charge in [-0.2, -0.15) is 0 Å². The Labute approximate surface area is 156 Å². The standard InChI is InChI=1S/C20H22N2O3S/c1-20(2,3)12-6-7-13-14(9-12)26-19(21-13)22-17(23)15-10-4-5-11(8-10)16(15)18(24)25/h4-7,9-11,15-16H,8H2,1-3H3,(H,24,25)(H,21,22,23)/t10?,11?,15-,16+/m1/s1. The molecule has 1 heterocycles. The smallest absolute Gasteiger partial charge is 0.307 e. The SMILES string of the molecule is CC(C)(C)c1ccc2nc(NC(=O)[C@@H]3C4C=CC(C4)[C@@H]3C(=O)O)sc2c1. The summed E-state index contributed by atoms with van der Waals surface area (Å²) in [5, 5.41) is 12.9. The van der Waals surface area contributed by atoms with Crippen LogP contribution in [0.1, 0.15) is 32.8 Å². The number of allylic oxidation sites excluding steroid dienone is 2. The van der Waals surface area contributed by atoms with E-state index in [1.54, 1.807) is 0 Å². The van der Waals surface area contributed by atoms with Crippen LogP contribution in [0.5, 0.6) is 0 Å². The molecule has 136 valence electrons. The molecule has 0 spiro atoms. The molecule has 4 atom stereocenters. The topological polar surface area (TPSA) is 79.3 Å². The highest BCUT2D eigenvalue weighted by molar-refractivity contribution is 7.22. The van der Waals surface area contributed by atoms with Crippen molar-refractivity contribution in [1.29, 1.82) is 0 Å². The summed E-state index contributed by atoms with van der Waals surface area (Å²) in [6, 6.07) is 6.15. The number of aromatic nitrogens is 1. The number of carbonyl (C=O) groups is 2. The summed E-state index contributed by atoms with van der Waals surface area (Å²) < 4.78 is 1.02. The van der Waals surface area contributed by atoms with Crippen molar-refractivity contribution < 1.29 is 14.7 Å². The Morgan fingerprint density at radius 2 is 1.88 bits per heavy atom. The molecule has 0 aliphatic heterocycles. The molecule has 1 aromatic carbocycles. The molecule has 2 bridgehead atoms. The maximum absolute atomic E-state index is 12.8. The second-order valence-electron chi connectivity index (χ2n) is 8.28. The summed E-state index contributed by atoms with van der Waals surface area (Å²) >= 11 is 1.44. The molecular weight excluding hydrogens is 348 g/mol. The molecule has 2 aliphatic rings. The van der Waals surface area contributed by atoms with Crippen molar-refractivity contribution in [3.63, 3.8) is 0 Å². The molecule has 2 aromatic rings. The predicted octanol–water partition coefficient (Wildman–Crippen LogP) is 4.06. The number of carboxylic acid groups (broad SMARTS) is 1. The lowest BCUT2D eigenvalue weighted by atomic mass is 9.82. The fourth-order valence-corrected chi connectivity index (χ4v) is 5.06. The Kier molecular flexibility index (Phi) is 3.91. The molecule has 1 aromatic heterocycles. The van der Waals surface area contributed by atoms with Crippen LogP contribution in [0.3, 0.4) is 0 Å². The molecule has 6 heteroatoms. The highest BCUT2D eigenvalue weighted by atomic mass is 32.1. The number of aliphatic carboxylic acids is 1. The second-order valence-corrected chi connectivity index (χ2v) is 9.31. The molecule has 26 heavy (non-hydrogen) atoms. The number of hydrogen-bond acceptors (Lipinski definition) is 4. The lowest BCUT2D eigenvalue weighted by Crippen LogP contribution is -2.36. The number of carboxylic acids is 1. The van der Waals surface area contributed by atoms with Crippen LogP contribution in [0.25, 0.3) is 10.2 Å². The van der Waals surface area contributed by atoms with Crippen LogP contribution in [-0.4, -0.2) is 22.0 Å². The van der Waals surface area contributed by atoms with E-state index in [9.17, 15) is 14.7 Å². The summed E-state index contributed by atoms with van der Waals surface area (Å²) in [5.74, 6) is -2.28. The summed E-state index contributed by atoms with van der Waals surface area (Å²) in [7, 11) is 0. The van der Waals surface area contributed by atoms with Crippen LogP contribution in [0.2, 0.25) is 0 Å². The number of carbonyl (C=O) groups excluding carboxylic acids is 1. The molecule has 2 aliphatic carbocycles. The van der Waals surface area contributed by atoms with Crippen LogP contribution in [0.4, 0.5) is 5.13 Å². The minimum Gasteiger partial charge on any atom is -0.481 e. The second kappa shape index (κ2) is 5.91. The third-order valence-electron chi connectivity index (χ3n) is 5.53. The molecule has 1 amide bonds. The number of anilines is 1. The zero-order valence-corrected chi connectivity index (χ0v) is 15.8. The van der Waals surface area contributed by atoms with Gasteiger partial charge < -0.3 is 10.4 Å². The lowest BCUT2D eigenvalue weighted by molar-refractivity contribution is -0.146. The van der Waals surface area contributed by atoms with E-state index in [-0.39, 0.29) is 23.2 Å². The van der Waals surface area contributed by atoms with Crippen molar-refractivity contribution in [2.75, 3.05) is 5.32 Å². The number of hydrogen-bond donors (Lipinski definition) is 2. The Bertz CT molecular complexity index is 925. The fraction of sp³-hybridized carbons (Fsp3) is 0.450. The van der Waals surface area contributed by atoms with Crippen LogP contribution in [0, 0.1) is 23.7 Å². The van der Waals surface area contributed by atoms with Crippen molar-refractivity contribution in [1.82, 2.24) is 4.98 Å².